The Labute approximate surface area is 148 Å². The van der Waals surface area contributed by atoms with Gasteiger partial charge in [0, 0.05) is 32.0 Å². The molecule has 2 aliphatic carbocycles. The van der Waals surface area contributed by atoms with Crippen molar-refractivity contribution in [1.29, 1.82) is 0 Å². The lowest BCUT2D eigenvalue weighted by atomic mass is 9.83. The third-order valence-electron chi connectivity index (χ3n) is 5.14. The molecule has 6 heteroatoms. The van der Waals surface area contributed by atoms with Gasteiger partial charge in [-0.05, 0) is 43.2 Å². The molecule has 0 radical (unpaired) electrons. The maximum atomic E-state index is 12.7. The van der Waals surface area contributed by atoms with Gasteiger partial charge in [0.15, 0.2) is 0 Å². The quantitative estimate of drug-likeness (QED) is 0.745. The number of hydrogen-bond donors (Lipinski definition) is 3. The van der Waals surface area contributed by atoms with E-state index >= 15 is 0 Å². The lowest BCUT2D eigenvalue weighted by Gasteiger charge is -2.34. The number of nitrogens with two attached hydrogens (primary N) is 1. The van der Waals surface area contributed by atoms with Gasteiger partial charge in [-0.2, -0.15) is 0 Å². The number of carboxylic acids is 1. The molecule has 0 bridgehead atoms. The van der Waals surface area contributed by atoms with E-state index in [-0.39, 0.29) is 23.9 Å². The van der Waals surface area contributed by atoms with Crippen molar-refractivity contribution < 1.29 is 19.8 Å². The van der Waals surface area contributed by atoms with Crippen molar-refractivity contribution in [2.24, 2.45) is 11.7 Å². The Balaban J connectivity index is 0.000000511. The van der Waals surface area contributed by atoms with Crippen LogP contribution in [0.1, 0.15) is 37.3 Å². The predicted molar refractivity (Wildman–Crippen MR) is 95.0 cm³/mol. The summed E-state index contributed by atoms with van der Waals surface area (Å²) in [6.45, 7) is 1.08. The first-order chi connectivity index (χ1) is 11.8. The molecule has 4 N–H and O–H groups in total. The molecule has 0 spiro atoms. The number of nitrogens with zero attached hydrogens (tertiary/aromatic N) is 1. The second-order valence-corrected chi connectivity index (χ2v) is 7.04. The van der Waals surface area contributed by atoms with Crippen LogP contribution in [0.5, 0.6) is 0 Å². The Morgan fingerprint density at radius 3 is 2.16 bits per heavy atom. The molecule has 2 aliphatic rings. The molecular weight excluding hydrogens is 320 g/mol. The Morgan fingerprint density at radius 2 is 1.68 bits per heavy atom. The summed E-state index contributed by atoms with van der Waals surface area (Å²) in [5, 5.41) is 17.1. The number of carbonyl (C=O) groups is 2. The van der Waals surface area contributed by atoms with E-state index in [4.69, 9.17) is 15.6 Å². The third-order valence-corrected chi connectivity index (χ3v) is 5.14. The van der Waals surface area contributed by atoms with E-state index in [1.165, 1.54) is 11.1 Å². The van der Waals surface area contributed by atoms with Gasteiger partial charge in [0.2, 0.25) is 5.91 Å². The molecule has 0 aromatic heterocycles. The summed E-state index contributed by atoms with van der Waals surface area (Å²) in [5.74, 6) is -0.674. The molecule has 1 aromatic rings. The molecule has 0 aliphatic heterocycles. The summed E-state index contributed by atoms with van der Waals surface area (Å²) in [6, 6.07) is 8.43. The monoisotopic (exact) mass is 348 g/mol. The van der Waals surface area contributed by atoms with Crippen LogP contribution in [-0.4, -0.2) is 52.2 Å². The van der Waals surface area contributed by atoms with E-state index in [0.29, 0.717) is 12.8 Å². The number of carbonyl (C=O) groups excluding carboxylic acids is 1. The minimum Gasteiger partial charge on any atom is -0.481 e. The number of likely N-dealkylation sites (N-methyl/N-ethyl adjacent to an activating group) is 1. The maximum Gasteiger partial charge on any atom is 0.300 e. The number of aliphatic carboxylic acids is 1. The summed E-state index contributed by atoms with van der Waals surface area (Å²) in [7, 11) is 1.91. The minimum absolute atomic E-state index is 0.0305. The van der Waals surface area contributed by atoms with Crippen LogP contribution < -0.4 is 5.73 Å². The third kappa shape index (κ3) is 5.03. The first-order valence-corrected chi connectivity index (χ1v) is 8.76. The molecule has 1 fully saturated rings. The van der Waals surface area contributed by atoms with E-state index in [1.807, 2.05) is 11.9 Å². The zero-order chi connectivity index (χ0) is 18.6. The van der Waals surface area contributed by atoms with Gasteiger partial charge < -0.3 is 20.8 Å². The fourth-order valence-electron chi connectivity index (χ4n) is 3.69. The fourth-order valence-corrected chi connectivity index (χ4v) is 3.69. The lowest BCUT2D eigenvalue weighted by molar-refractivity contribution is -0.138. The summed E-state index contributed by atoms with van der Waals surface area (Å²) >= 11 is 0. The molecule has 0 unspecified atom stereocenters. The fraction of sp³-hybridized carbons (Fsp3) is 0.579. The highest BCUT2D eigenvalue weighted by Crippen LogP contribution is 2.29. The second kappa shape index (κ2) is 8.45. The van der Waals surface area contributed by atoms with Crippen LogP contribution in [0, 0.1) is 5.92 Å². The van der Waals surface area contributed by atoms with Crippen LogP contribution in [-0.2, 0) is 22.4 Å². The number of benzene rings is 1. The molecule has 3 atom stereocenters. The van der Waals surface area contributed by atoms with Gasteiger partial charge in [-0.25, -0.2) is 0 Å². The van der Waals surface area contributed by atoms with Crippen LogP contribution in [0.4, 0.5) is 0 Å². The number of aliphatic hydroxyl groups excluding tert-OH is 1. The minimum atomic E-state index is -0.833. The summed E-state index contributed by atoms with van der Waals surface area (Å²) in [4.78, 5) is 23.6. The van der Waals surface area contributed by atoms with Crippen LogP contribution in [0.15, 0.2) is 24.3 Å². The van der Waals surface area contributed by atoms with Gasteiger partial charge in [-0.1, -0.05) is 24.3 Å². The molecule has 138 valence electrons. The van der Waals surface area contributed by atoms with Crippen molar-refractivity contribution in [3.05, 3.63) is 35.4 Å². The van der Waals surface area contributed by atoms with Gasteiger partial charge in [0.25, 0.3) is 5.97 Å². The van der Waals surface area contributed by atoms with Gasteiger partial charge in [-0.15, -0.1) is 0 Å². The van der Waals surface area contributed by atoms with E-state index < -0.39 is 12.1 Å². The van der Waals surface area contributed by atoms with Crippen LogP contribution in [0.2, 0.25) is 0 Å². The Morgan fingerprint density at radius 1 is 1.16 bits per heavy atom. The van der Waals surface area contributed by atoms with Crippen LogP contribution in [0.3, 0.4) is 0 Å². The van der Waals surface area contributed by atoms with E-state index in [1.54, 1.807) is 0 Å². The topological polar surface area (TPSA) is 104 Å². The van der Waals surface area contributed by atoms with Gasteiger partial charge in [-0.3, -0.25) is 9.59 Å². The Bertz CT molecular complexity index is 590. The molecule has 0 saturated heterocycles. The second-order valence-electron chi connectivity index (χ2n) is 7.04. The first-order valence-electron chi connectivity index (χ1n) is 8.76. The zero-order valence-electron chi connectivity index (χ0n) is 14.9. The van der Waals surface area contributed by atoms with Crippen molar-refractivity contribution in [3.8, 4) is 0 Å². The Hall–Kier alpha value is -1.92. The van der Waals surface area contributed by atoms with E-state index in [2.05, 4.69) is 24.3 Å². The van der Waals surface area contributed by atoms with Gasteiger partial charge in [0.1, 0.15) is 0 Å². The highest BCUT2D eigenvalue weighted by Gasteiger charge is 2.35. The number of aliphatic hydroxyl groups is 1. The molecule has 25 heavy (non-hydrogen) atoms. The highest BCUT2D eigenvalue weighted by molar-refractivity contribution is 5.79. The smallest absolute Gasteiger partial charge is 0.300 e. The van der Waals surface area contributed by atoms with Crippen molar-refractivity contribution in [3.63, 3.8) is 0 Å². The largest absolute Gasteiger partial charge is 0.481 e. The van der Waals surface area contributed by atoms with Crippen molar-refractivity contribution in [2.45, 2.75) is 57.2 Å². The number of hydrogen-bond acceptors (Lipinski definition) is 4. The average molecular weight is 348 g/mol. The number of carboxylic acid groups (broad SMARTS) is 1. The number of amides is 1. The summed E-state index contributed by atoms with van der Waals surface area (Å²) < 4.78 is 0. The molecule has 3 rings (SSSR count). The molecule has 1 aromatic carbocycles. The number of rotatable bonds is 2. The predicted octanol–water partition coefficient (Wildman–Crippen LogP) is 1.19. The van der Waals surface area contributed by atoms with Crippen molar-refractivity contribution in [2.75, 3.05) is 7.05 Å². The maximum absolute atomic E-state index is 12.7. The normalized spacial score (nSPS) is 25.5. The van der Waals surface area contributed by atoms with E-state index in [9.17, 15) is 9.90 Å². The molecule has 6 nitrogen and oxygen atoms in total. The van der Waals surface area contributed by atoms with Gasteiger partial charge >= 0.3 is 0 Å². The van der Waals surface area contributed by atoms with Crippen molar-refractivity contribution in [1.82, 2.24) is 4.90 Å². The van der Waals surface area contributed by atoms with E-state index in [0.717, 1.165) is 26.2 Å². The molecule has 1 amide bonds. The average Bonchev–Trinajstić information content (AvgIpc) is 2.99. The summed E-state index contributed by atoms with van der Waals surface area (Å²) in [6.07, 6.45) is 3.42. The Kier molecular flexibility index (Phi) is 6.56. The standard InChI is InChI=1S/C17H24N2O2.C2H4O2/c1-19(14-8-11-4-2-3-5-12(11)9-14)17(21)13-6-7-16(20)15(18)10-13;1-2(3)4/h2-5,13-16,20H,6-10,18H2,1H3;1H3,(H,3,4)/t13-,15+,16+;/m0./s1. The zero-order valence-corrected chi connectivity index (χ0v) is 14.9. The lowest BCUT2D eigenvalue weighted by Crippen LogP contribution is -2.47. The summed E-state index contributed by atoms with van der Waals surface area (Å²) in [5.41, 5.74) is 8.63. The molecule has 1 saturated carbocycles. The molecular formula is C19H28N2O4. The first kappa shape index (κ1) is 19.4. The van der Waals surface area contributed by atoms with Gasteiger partial charge in [0.05, 0.1) is 6.10 Å². The number of fused-ring (bicyclic) bond motifs is 1. The SMILES string of the molecule is CC(=O)O.CN(C(=O)[C@H]1CC[C@@H](O)[C@H](N)C1)C1Cc2ccccc2C1. The van der Waals surface area contributed by atoms with Crippen LogP contribution in [0.25, 0.3) is 0 Å². The molecule has 0 heterocycles. The van der Waals surface area contributed by atoms with Crippen LogP contribution >= 0.6 is 0 Å². The van der Waals surface area contributed by atoms with Crippen molar-refractivity contribution >= 4 is 11.9 Å². The highest BCUT2D eigenvalue weighted by atomic mass is 16.4.